The van der Waals surface area contributed by atoms with Crippen LogP contribution in [-0.2, 0) is 11.0 Å². The highest BCUT2D eigenvalue weighted by Crippen LogP contribution is 2.35. The van der Waals surface area contributed by atoms with Gasteiger partial charge in [0.2, 0.25) is 5.91 Å². The van der Waals surface area contributed by atoms with Crippen molar-refractivity contribution in [2.75, 3.05) is 17.3 Å². The van der Waals surface area contributed by atoms with Gasteiger partial charge in [0.05, 0.1) is 5.56 Å². The Morgan fingerprint density at radius 1 is 1.37 bits per heavy atom. The average molecular weight is 296 g/mol. The van der Waals surface area contributed by atoms with Crippen LogP contribution in [-0.4, -0.2) is 18.3 Å². The molecule has 0 aromatic heterocycles. The predicted molar refractivity (Wildman–Crippen MR) is 62.6 cm³/mol. The van der Waals surface area contributed by atoms with Gasteiger partial charge in [-0.15, -0.1) is 11.6 Å². The molecule has 1 unspecified atom stereocenters. The Hall–Kier alpha value is -1.30. The quantitative estimate of drug-likeness (QED) is 0.604. The average Bonchev–Trinajstić information content (AvgIpc) is 2.70. The van der Waals surface area contributed by atoms with E-state index < -0.39 is 17.6 Å². The summed E-state index contributed by atoms with van der Waals surface area (Å²) >= 11 is 5.64. The maximum atomic E-state index is 13.1. The van der Waals surface area contributed by atoms with Crippen LogP contribution in [0.1, 0.15) is 12.0 Å². The number of anilines is 1. The summed E-state index contributed by atoms with van der Waals surface area (Å²) in [5.74, 6) is -1.48. The number of alkyl halides is 4. The molecule has 0 saturated carbocycles. The third-order valence-electron chi connectivity index (χ3n) is 2.99. The van der Waals surface area contributed by atoms with Crippen molar-refractivity contribution >= 4 is 23.2 Å². The minimum absolute atomic E-state index is 0.0475. The number of rotatable bonds is 2. The lowest BCUT2D eigenvalue weighted by Gasteiger charge is -2.18. The van der Waals surface area contributed by atoms with Crippen LogP contribution in [0.15, 0.2) is 18.2 Å². The summed E-state index contributed by atoms with van der Waals surface area (Å²) < 4.78 is 50.9. The van der Waals surface area contributed by atoms with Crippen LogP contribution in [0.2, 0.25) is 0 Å². The molecule has 1 fully saturated rings. The van der Waals surface area contributed by atoms with E-state index in [-0.39, 0.29) is 36.4 Å². The third kappa shape index (κ3) is 2.83. The molecule has 1 aliphatic rings. The van der Waals surface area contributed by atoms with Gasteiger partial charge in [-0.2, -0.15) is 13.2 Å². The van der Waals surface area contributed by atoms with E-state index in [0.717, 1.165) is 6.07 Å². The highest BCUT2D eigenvalue weighted by atomic mass is 35.5. The number of nitrogens with zero attached hydrogens (tertiary/aromatic N) is 1. The van der Waals surface area contributed by atoms with Crippen molar-refractivity contribution in [3.63, 3.8) is 0 Å². The Kier molecular flexibility index (Phi) is 3.71. The number of hydrogen-bond donors (Lipinski definition) is 0. The number of halogens is 5. The lowest BCUT2D eigenvalue weighted by atomic mass is 10.1. The minimum atomic E-state index is -4.78. The van der Waals surface area contributed by atoms with Crippen molar-refractivity contribution in [1.82, 2.24) is 0 Å². The normalized spacial score (nSPS) is 20.2. The monoisotopic (exact) mass is 295 g/mol. The van der Waals surface area contributed by atoms with Gasteiger partial charge in [-0.25, -0.2) is 4.39 Å². The molecule has 1 aromatic rings. The first-order valence-corrected chi connectivity index (χ1v) is 6.09. The Balaban J connectivity index is 2.34. The Morgan fingerprint density at radius 3 is 2.58 bits per heavy atom. The molecule has 104 valence electrons. The fourth-order valence-electron chi connectivity index (χ4n) is 2.03. The van der Waals surface area contributed by atoms with E-state index in [1.807, 2.05) is 0 Å². The van der Waals surface area contributed by atoms with E-state index in [4.69, 9.17) is 11.6 Å². The third-order valence-corrected chi connectivity index (χ3v) is 3.43. The van der Waals surface area contributed by atoms with Gasteiger partial charge in [0.25, 0.3) is 0 Å². The Labute approximate surface area is 112 Å². The largest absolute Gasteiger partial charge is 0.419 e. The molecule has 7 heteroatoms. The molecule has 1 aromatic carbocycles. The molecule has 0 aliphatic carbocycles. The van der Waals surface area contributed by atoms with Crippen LogP contribution >= 0.6 is 11.6 Å². The van der Waals surface area contributed by atoms with Crippen LogP contribution < -0.4 is 4.90 Å². The highest BCUT2D eigenvalue weighted by Gasteiger charge is 2.36. The molecule has 1 amide bonds. The van der Waals surface area contributed by atoms with E-state index in [0.29, 0.717) is 6.07 Å². The number of hydrogen-bond acceptors (Lipinski definition) is 1. The molecule has 0 bridgehead atoms. The van der Waals surface area contributed by atoms with E-state index in [2.05, 4.69) is 0 Å². The Morgan fingerprint density at radius 2 is 2.05 bits per heavy atom. The molecule has 2 nitrogen and oxygen atoms in total. The van der Waals surface area contributed by atoms with Gasteiger partial charge in [0.1, 0.15) is 5.82 Å². The summed E-state index contributed by atoms with van der Waals surface area (Å²) in [6.07, 6.45) is -4.59. The second-order valence-electron chi connectivity index (χ2n) is 4.39. The molecule has 2 rings (SSSR count). The van der Waals surface area contributed by atoms with E-state index in [1.165, 1.54) is 11.0 Å². The molecule has 1 atom stereocenters. The Bertz CT molecular complexity index is 503. The van der Waals surface area contributed by atoms with Crippen molar-refractivity contribution in [1.29, 1.82) is 0 Å². The van der Waals surface area contributed by atoms with Crippen molar-refractivity contribution in [3.05, 3.63) is 29.6 Å². The highest BCUT2D eigenvalue weighted by molar-refractivity contribution is 6.18. The van der Waals surface area contributed by atoms with E-state index in [9.17, 15) is 22.4 Å². The second kappa shape index (κ2) is 5.00. The number of amides is 1. The first-order chi connectivity index (χ1) is 8.82. The fourth-order valence-corrected chi connectivity index (χ4v) is 2.24. The molecule has 0 radical (unpaired) electrons. The van der Waals surface area contributed by atoms with Crippen LogP contribution in [0, 0.1) is 11.7 Å². The number of benzene rings is 1. The lowest BCUT2D eigenvalue weighted by Crippen LogP contribution is -2.25. The summed E-state index contributed by atoms with van der Waals surface area (Å²) in [6, 6.07) is 2.54. The van der Waals surface area contributed by atoms with Crippen LogP contribution in [0.4, 0.5) is 23.2 Å². The first kappa shape index (κ1) is 14.1. The van der Waals surface area contributed by atoms with Crippen molar-refractivity contribution < 1.29 is 22.4 Å². The van der Waals surface area contributed by atoms with Gasteiger partial charge in [-0.05, 0) is 24.1 Å². The summed E-state index contributed by atoms with van der Waals surface area (Å²) in [6.45, 7) is 0.255. The van der Waals surface area contributed by atoms with Crippen molar-refractivity contribution in [3.8, 4) is 0 Å². The van der Waals surface area contributed by atoms with Gasteiger partial charge >= 0.3 is 6.18 Å². The standard InChI is InChI=1S/C12H10ClF4NO/c13-5-7-3-11(19)18(6-7)8-1-2-10(14)9(4-8)12(15,16)17/h1-2,4,7H,3,5-6H2. The molecule has 0 N–H and O–H groups in total. The topological polar surface area (TPSA) is 20.3 Å². The lowest BCUT2D eigenvalue weighted by molar-refractivity contribution is -0.140. The fraction of sp³-hybridized carbons (Fsp3) is 0.417. The maximum Gasteiger partial charge on any atom is 0.419 e. The molecular weight excluding hydrogens is 286 g/mol. The maximum absolute atomic E-state index is 13.1. The SMILES string of the molecule is O=C1CC(CCl)CN1c1ccc(F)c(C(F)(F)F)c1. The van der Waals surface area contributed by atoms with Gasteiger partial charge in [-0.3, -0.25) is 4.79 Å². The van der Waals surface area contributed by atoms with Crippen LogP contribution in [0.3, 0.4) is 0 Å². The minimum Gasteiger partial charge on any atom is -0.312 e. The zero-order chi connectivity index (χ0) is 14.2. The molecule has 1 aliphatic heterocycles. The van der Waals surface area contributed by atoms with Gasteiger partial charge in [0, 0.05) is 24.5 Å². The summed E-state index contributed by atoms with van der Waals surface area (Å²) in [7, 11) is 0. The number of carbonyl (C=O) groups excluding carboxylic acids is 1. The molecule has 1 saturated heterocycles. The summed E-state index contributed by atoms with van der Waals surface area (Å²) in [5, 5.41) is 0. The first-order valence-electron chi connectivity index (χ1n) is 5.56. The second-order valence-corrected chi connectivity index (χ2v) is 4.70. The molecule has 0 spiro atoms. The molecule has 19 heavy (non-hydrogen) atoms. The molecular formula is C12H10ClF4NO. The van der Waals surface area contributed by atoms with Crippen molar-refractivity contribution in [2.24, 2.45) is 5.92 Å². The number of carbonyl (C=O) groups is 1. The van der Waals surface area contributed by atoms with Gasteiger partial charge in [-0.1, -0.05) is 0 Å². The smallest absolute Gasteiger partial charge is 0.312 e. The van der Waals surface area contributed by atoms with Crippen LogP contribution in [0.5, 0.6) is 0 Å². The van der Waals surface area contributed by atoms with Gasteiger partial charge < -0.3 is 4.90 Å². The summed E-state index contributed by atoms with van der Waals surface area (Å²) in [5.41, 5.74) is -1.32. The zero-order valence-corrected chi connectivity index (χ0v) is 10.4. The van der Waals surface area contributed by atoms with Gasteiger partial charge in [0.15, 0.2) is 0 Å². The van der Waals surface area contributed by atoms with Crippen LogP contribution in [0.25, 0.3) is 0 Å². The zero-order valence-electron chi connectivity index (χ0n) is 9.68. The van der Waals surface area contributed by atoms with Crippen molar-refractivity contribution in [2.45, 2.75) is 12.6 Å². The van der Waals surface area contributed by atoms with E-state index >= 15 is 0 Å². The predicted octanol–water partition coefficient (Wildman–Crippen LogP) is 3.44. The molecule has 1 heterocycles. The van der Waals surface area contributed by atoms with E-state index in [1.54, 1.807) is 0 Å². The summed E-state index contributed by atoms with van der Waals surface area (Å²) in [4.78, 5) is 12.9.